The number of carbonyl (C=O) groups is 2. The van der Waals surface area contributed by atoms with Crippen molar-refractivity contribution in [2.45, 2.75) is 13.0 Å². The third-order valence-corrected chi connectivity index (χ3v) is 3.87. The van der Waals surface area contributed by atoms with Crippen molar-refractivity contribution in [3.05, 3.63) is 54.6 Å². The molecule has 1 atom stereocenters. The van der Waals surface area contributed by atoms with Crippen molar-refractivity contribution >= 4 is 23.2 Å². The molecule has 0 aliphatic carbocycles. The zero-order chi connectivity index (χ0) is 17.1. The lowest BCUT2D eigenvalue weighted by Gasteiger charge is -2.34. The predicted octanol–water partition coefficient (Wildman–Crippen LogP) is 1.97. The van der Waals surface area contributed by atoms with Crippen LogP contribution in [0.1, 0.15) is 6.92 Å². The van der Waals surface area contributed by atoms with Crippen molar-refractivity contribution in [2.24, 2.45) is 0 Å². The van der Waals surface area contributed by atoms with E-state index in [1.54, 1.807) is 29.1 Å². The van der Waals surface area contributed by atoms with Crippen molar-refractivity contribution in [3.63, 3.8) is 0 Å². The third kappa shape index (κ3) is 3.17. The van der Waals surface area contributed by atoms with E-state index in [4.69, 9.17) is 4.74 Å². The Kier molecular flexibility index (Phi) is 4.37. The van der Waals surface area contributed by atoms with E-state index >= 15 is 0 Å². The van der Waals surface area contributed by atoms with Gasteiger partial charge < -0.3 is 9.64 Å². The number of para-hydroxylation sites is 3. The number of nitrogens with one attached hydrogen (secondary N) is 1. The van der Waals surface area contributed by atoms with Crippen LogP contribution in [0.5, 0.6) is 5.75 Å². The molecule has 0 radical (unpaired) electrons. The molecule has 0 saturated carbocycles. The highest BCUT2D eigenvalue weighted by Crippen LogP contribution is 2.33. The van der Waals surface area contributed by atoms with Gasteiger partial charge in [0.1, 0.15) is 5.75 Å². The van der Waals surface area contributed by atoms with Crippen molar-refractivity contribution in [3.8, 4) is 5.75 Å². The van der Waals surface area contributed by atoms with Gasteiger partial charge in [0.2, 0.25) is 5.91 Å². The van der Waals surface area contributed by atoms with Crippen LogP contribution >= 0.6 is 0 Å². The monoisotopic (exact) mass is 325 g/mol. The molecule has 0 fully saturated rings. The van der Waals surface area contributed by atoms with Crippen LogP contribution in [-0.2, 0) is 9.59 Å². The number of rotatable bonds is 3. The van der Waals surface area contributed by atoms with E-state index in [1.807, 2.05) is 42.5 Å². The van der Waals surface area contributed by atoms with E-state index in [9.17, 15) is 9.59 Å². The number of hydrogen-bond acceptors (Lipinski definition) is 4. The molecule has 1 aliphatic heterocycles. The first-order valence-electron chi connectivity index (χ1n) is 7.69. The highest BCUT2D eigenvalue weighted by molar-refractivity contribution is 5.96. The molecule has 6 nitrogen and oxygen atoms in total. The molecule has 0 bridgehead atoms. The Morgan fingerprint density at radius 1 is 1.12 bits per heavy atom. The van der Waals surface area contributed by atoms with Gasteiger partial charge in [-0.1, -0.05) is 30.3 Å². The lowest BCUT2D eigenvalue weighted by molar-refractivity contribution is -0.128. The molecule has 2 aromatic carbocycles. The number of fused-ring (bicyclic) bond motifs is 1. The van der Waals surface area contributed by atoms with Gasteiger partial charge in [0.25, 0.3) is 5.91 Å². The van der Waals surface area contributed by atoms with E-state index in [0.29, 0.717) is 11.4 Å². The summed E-state index contributed by atoms with van der Waals surface area (Å²) >= 11 is 0. The number of ether oxygens (including phenoxy) is 1. The minimum Gasteiger partial charge on any atom is -0.476 e. The molecule has 1 N–H and O–H groups in total. The van der Waals surface area contributed by atoms with Crippen LogP contribution in [0.4, 0.5) is 11.4 Å². The molecule has 1 unspecified atom stereocenters. The maximum absolute atomic E-state index is 12.5. The Morgan fingerprint density at radius 2 is 1.79 bits per heavy atom. The Hall–Kier alpha value is -3.02. The SMILES string of the molecule is CC(=O)N1CC(C(=O)NN(C)c2ccccc2)Oc2ccccc21. The zero-order valence-electron chi connectivity index (χ0n) is 13.6. The van der Waals surface area contributed by atoms with Gasteiger partial charge in [0, 0.05) is 14.0 Å². The molecule has 1 heterocycles. The van der Waals surface area contributed by atoms with E-state index in [1.165, 1.54) is 6.92 Å². The largest absolute Gasteiger partial charge is 0.476 e. The molecule has 3 rings (SSSR count). The predicted molar refractivity (Wildman–Crippen MR) is 91.9 cm³/mol. The van der Waals surface area contributed by atoms with Crippen LogP contribution in [0.3, 0.4) is 0 Å². The van der Waals surface area contributed by atoms with Gasteiger partial charge in [-0.25, -0.2) is 0 Å². The van der Waals surface area contributed by atoms with Crippen LogP contribution in [0, 0.1) is 0 Å². The summed E-state index contributed by atoms with van der Waals surface area (Å²) in [5.41, 5.74) is 4.33. The van der Waals surface area contributed by atoms with Crippen LogP contribution in [0.25, 0.3) is 0 Å². The quantitative estimate of drug-likeness (QED) is 0.877. The Morgan fingerprint density at radius 3 is 2.50 bits per heavy atom. The molecular weight excluding hydrogens is 306 g/mol. The number of amides is 2. The molecule has 6 heteroatoms. The average Bonchev–Trinajstić information content (AvgIpc) is 2.61. The summed E-state index contributed by atoms with van der Waals surface area (Å²) < 4.78 is 5.78. The van der Waals surface area contributed by atoms with Crippen LogP contribution in [-0.4, -0.2) is 31.5 Å². The van der Waals surface area contributed by atoms with Crippen molar-refractivity contribution in [2.75, 3.05) is 23.5 Å². The van der Waals surface area contributed by atoms with Crippen molar-refractivity contribution in [1.82, 2.24) is 5.43 Å². The normalized spacial score (nSPS) is 15.9. The van der Waals surface area contributed by atoms with Gasteiger partial charge in [0.15, 0.2) is 6.10 Å². The molecule has 0 spiro atoms. The third-order valence-electron chi connectivity index (χ3n) is 3.87. The van der Waals surface area contributed by atoms with E-state index in [0.717, 1.165) is 5.69 Å². The molecule has 0 aromatic heterocycles. The first-order valence-corrected chi connectivity index (χ1v) is 7.69. The lowest BCUT2D eigenvalue weighted by Crippen LogP contribution is -2.53. The number of anilines is 2. The maximum Gasteiger partial charge on any atom is 0.281 e. The highest BCUT2D eigenvalue weighted by atomic mass is 16.5. The van der Waals surface area contributed by atoms with Gasteiger partial charge in [0.05, 0.1) is 17.9 Å². The smallest absolute Gasteiger partial charge is 0.281 e. The minimum absolute atomic E-state index is 0.125. The summed E-state index contributed by atoms with van der Waals surface area (Å²) in [4.78, 5) is 26.0. The minimum atomic E-state index is -0.769. The van der Waals surface area contributed by atoms with Crippen molar-refractivity contribution in [1.29, 1.82) is 0 Å². The van der Waals surface area contributed by atoms with Crippen LogP contribution in [0.15, 0.2) is 54.6 Å². The van der Waals surface area contributed by atoms with E-state index < -0.39 is 6.10 Å². The second kappa shape index (κ2) is 6.62. The molecule has 2 aromatic rings. The molecule has 1 aliphatic rings. The van der Waals surface area contributed by atoms with Crippen LogP contribution in [0.2, 0.25) is 0 Å². The molecule has 24 heavy (non-hydrogen) atoms. The van der Waals surface area contributed by atoms with Gasteiger partial charge in [-0.3, -0.25) is 20.0 Å². The molecule has 0 saturated heterocycles. The second-order valence-electron chi connectivity index (χ2n) is 5.57. The number of hydrogen-bond donors (Lipinski definition) is 1. The molecule has 2 amide bonds. The summed E-state index contributed by atoms with van der Waals surface area (Å²) in [6, 6.07) is 16.7. The number of benzene rings is 2. The summed E-state index contributed by atoms with van der Waals surface area (Å²) in [6.07, 6.45) is -0.769. The first kappa shape index (κ1) is 15.9. The molecule has 124 valence electrons. The Labute approximate surface area is 140 Å². The fourth-order valence-electron chi connectivity index (χ4n) is 2.62. The first-order chi connectivity index (χ1) is 11.6. The molecular formula is C18H19N3O3. The van der Waals surface area contributed by atoms with Gasteiger partial charge in [-0.05, 0) is 24.3 Å². The second-order valence-corrected chi connectivity index (χ2v) is 5.57. The van der Waals surface area contributed by atoms with Gasteiger partial charge >= 0.3 is 0 Å². The fraction of sp³-hybridized carbons (Fsp3) is 0.222. The van der Waals surface area contributed by atoms with Gasteiger partial charge in [-0.2, -0.15) is 0 Å². The fourth-order valence-corrected chi connectivity index (χ4v) is 2.62. The Balaban J connectivity index is 1.75. The topological polar surface area (TPSA) is 61.9 Å². The Bertz CT molecular complexity index is 748. The average molecular weight is 325 g/mol. The zero-order valence-corrected chi connectivity index (χ0v) is 13.6. The number of hydrazine groups is 1. The van der Waals surface area contributed by atoms with E-state index in [2.05, 4.69) is 5.43 Å². The standard InChI is InChI=1S/C18H19N3O3/c1-13(22)21-12-17(24-16-11-7-6-10-15(16)21)18(23)19-20(2)14-8-4-3-5-9-14/h3-11,17H,12H2,1-2H3,(H,19,23). The summed E-state index contributed by atoms with van der Waals surface area (Å²) in [5.74, 6) is 0.100. The van der Waals surface area contributed by atoms with Crippen molar-refractivity contribution < 1.29 is 14.3 Å². The highest BCUT2D eigenvalue weighted by Gasteiger charge is 2.32. The number of carbonyl (C=O) groups excluding carboxylic acids is 2. The van der Waals surface area contributed by atoms with Gasteiger partial charge in [-0.15, -0.1) is 0 Å². The maximum atomic E-state index is 12.5. The van der Waals surface area contributed by atoms with Crippen LogP contribution < -0.4 is 20.1 Å². The summed E-state index contributed by atoms with van der Waals surface area (Å²) in [6.45, 7) is 1.66. The summed E-state index contributed by atoms with van der Waals surface area (Å²) in [7, 11) is 1.76. The lowest BCUT2D eigenvalue weighted by atomic mass is 10.2. The summed E-state index contributed by atoms with van der Waals surface area (Å²) in [5, 5.41) is 1.63. The van der Waals surface area contributed by atoms with E-state index in [-0.39, 0.29) is 18.4 Å². The number of nitrogens with zero attached hydrogens (tertiary/aromatic N) is 2.